The third-order valence-corrected chi connectivity index (χ3v) is 2.94. The zero-order valence-corrected chi connectivity index (χ0v) is 12.4. The fourth-order valence-corrected chi connectivity index (χ4v) is 1.87. The highest BCUT2D eigenvalue weighted by Crippen LogP contribution is 2.15. The molecular formula is C15H18N4O3. The number of carbonyl (C=O) groups is 3. The van der Waals surface area contributed by atoms with Crippen LogP contribution in [0.3, 0.4) is 0 Å². The van der Waals surface area contributed by atoms with Crippen LogP contribution in [0.2, 0.25) is 0 Å². The molecule has 0 aliphatic rings. The van der Waals surface area contributed by atoms with Crippen molar-refractivity contribution >= 4 is 23.4 Å². The fourth-order valence-electron chi connectivity index (χ4n) is 1.87. The van der Waals surface area contributed by atoms with Gasteiger partial charge in [0.2, 0.25) is 11.8 Å². The SMILES string of the molecule is CC(=O)Nc1ccccc1C(=O)N[C@H](C[C@@H](C)C#N)C(N)=O. The summed E-state index contributed by atoms with van der Waals surface area (Å²) in [4.78, 5) is 34.8. The smallest absolute Gasteiger partial charge is 0.254 e. The molecule has 0 saturated carbocycles. The molecule has 0 aromatic heterocycles. The highest BCUT2D eigenvalue weighted by Gasteiger charge is 2.22. The Hall–Kier alpha value is -2.88. The first-order valence-corrected chi connectivity index (χ1v) is 6.71. The standard InChI is InChI=1S/C15H18N4O3/c1-9(8-16)7-13(14(17)21)19-15(22)11-5-3-4-6-12(11)18-10(2)20/h3-6,9,13H,7H2,1-2H3,(H2,17,21)(H,18,20)(H,19,22)/t9-,13-/m1/s1. The van der Waals surface area contributed by atoms with Crippen LogP contribution in [0, 0.1) is 17.2 Å². The molecule has 0 aliphatic carbocycles. The van der Waals surface area contributed by atoms with Gasteiger partial charge in [0.15, 0.2) is 0 Å². The molecule has 0 heterocycles. The minimum atomic E-state index is -0.951. The molecule has 0 unspecified atom stereocenters. The molecule has 1 rings (SSSR count). The van der Waals surface area contributed by atoms with Gasteiger partial charge < -0.3 is 16.4 Å². The van der Waals surface area contributed by atoms with Crippen molar-refractivity contribution in [2.24, 2.45) is 11.7 Å². The summed E-state index contributed by atoms with van der Waals surface area (Å²) >= 11 is 0. The lowest BCUT2D eigenvalue weighted by Gasteiger charge is -2.17. The topological polar surface area (TPSA) is 125 Å². The number of anilines is 1. The number of hydrogen-bond donors (Lipinski definition) is 3. The van der Waals surface area contributed by atoms with Gasteiger partial charge in [0.25, 0.3) is 5.91 Å². The van der Waals surface area contributed by atoms with E-state index in [4.69, 9.17) is 11.0 Å². The molecule has 4 N–H and O–H groups in total. The molecule has 22 heavy (non-hydrogen) atoms. The van der Waals surface area contributed by atoms with Crippen molar-refractivity contribution < 1.29 is 14.4 Å². The molecule has 2 atom stereocenters. The Morgan fingerprint density at radius 2 is 1.95 bits per heavy atom. The summed E-state index contributed by atoms with van der Waals surface area (Å²) in [6, 6.07) is 7.44. The third kappa shape index (κ3) is 4.90. The van der Waals surface area contributed by atoms with Gasteiger partial charge in [-0.3, -0.25) is 14.4 Å². The van der Waals surface area contributed by atoms with Crippen molar-refractivity contribution in [2.45, 2.75) is 26.3 Å². The lowest BCUT2D eigenvalue weighted by molar-refractivity contribution is -0.120. The van der Waals surface area contributed by atoms with Crippen LogP contribution in [-0.4, -0.2) is 23.8 Å². The summed E-state index contributed by atoms with van der Waals surface area (Å²) < 4.78 is 0. The van der Waals surface area contributed by atoms with E-state index in [0.717, 1.165) is 0 Å². The van der Waals surface area contributed by atoms with Crippen LogP contribution in [-0.2, 0) is 9.59 Å². The summed E-state index contributed by atoms with van der Waals surface area (Å²) in [6.45, 7) is 2.96. The number of benzene rings is 1. The van der Waals surface area contributed by atoms with Crippen molar-refractivity contribution in [2.75, 3.05) is 5.32 Å². The number of nitriles is 1. The van der Waals surface area contributed by atoms with Crippen LogP contribution < -0.4 is 16.4 Å². The van der Waals surface area contributed by atoms with Gasteiger partial charge in [-0.1, -0.05) is 12.1 Å². The van der Waals surface area contributed by atoms with Crippen molar-refractivity contribution in [3.63, 3.8) is 0 Å². The van der Waals surface area contributed by atoms with Gasteiger partial charge in [-0.15, -0.1) is 0 Å². The lowest BCUT2D eigenvalue weighted by Crippen LogP contribution is -2.45. The second-order valence-electron chi connectivity index (χ2n) is 4.92. The Bertz CT molecular complexity index is 621. The van der Waals surface area contributed by atoms with E-state index in [1.807, 2.05) is 6.07 Å². The molecule has 0 spiro atoms. The molecule has 7 heteroatoms. The van der Waals surface area contributed by atoms with E-state index in [1.54, 1.807) is 25.1 Å². The molecule has 1 aromatic rings. The Morgan fingerprint density at radius 3 is 2.50 bits per heavy atom. The van der Waals surface area contributed by atoms with E-state index in [9.17, 15) is 14.4 Å². The van der Waals surface area contributed by atoms with E-state index in [0.29, 0.717) is 5.69 Å². The molecule has 0 saturated heterocycles. The van der Waals surface area contributed by atoms with Crippen LogP contribution in [0.15, 0.2) is 24.3 Å². The Kier molecular flexibility index (Phi) is 6.08. The molecule has 0 fully saturated rings. The summed E-state index contributed by atoms with van der Waals surface area (Å²) in [7, 11) is 0. The van der Waals surface area contributed by atoms with Crippen molar-refractivity contribution in [1.82, 2.24) is 5.32 Å². The zero-order chi connectivity index (χ0) is 16.7. The van der Waals surface area contributed by atoms with Crippen molar-refractivity contribution in [3.05, 3.63) is 29.8 Å². The average molecular weight is 302 g/mol. The number of carbonyl (C=O) groups excluding carboxylic acids is 3. The number of nitrogens with zero attached hydrogens (tertiary/aromatic N) is 1. The monoisotopic (exact) mass is 302 g/mol. The highest BCUT2D eigenvalue weighted by atomic mass is 16.2. The maximum atomic E-state index is 12.3. The molecule has 7 nitrogen and oxygen atoms in total. The highest BCUT2D eigenvalue weighted by molar-refractivity contribution is 6.04. The molecule has 3 amide bonds. The lowest BCUT2D eigenvalue weighted by atomic mass is 10.0. The maximum absolute atomic E-state index is 12.3. The number of amides is 3. The average Bonchev–Trinajstić information content (AvgIpc) is 2.46. The molecule has 0 aliphatic heterocycles. The maximum Gasteiger partial charge on any atom is 0.254 e. The van der Waals surface area contributed by atoms with E-state index in [1.165, 1.54) is 13.0 Å². The van der Waals surface area contributed by atoms with Gasteiger partial charge in [-0.2, -0.15) is 5.26 Å². The predicted molar refractivity (Wildman–Crippen MR) is 80.6 cm³/mol. The first kappa shape index (κ1) is 17.2. The van der Waals surface area contributed by atoms with Gasteiger partial charge in [-0.05, 0) is 25.5 Å². The first-order valence-electron chi connectivity index (χ1n) is 6.71. The number of primary amides is 1. The van der Waals surface area contributed by atoms with Crippen LogP contribution in [0.4, 0.5) is 5.69 Å². The molecular weight excluding hydrogens is 284 g/mol. The van der Waals surface area contributed by atoms with E-state index in [2.05, 4.69) is 10.6 Å². The zero-order valence-electron chi connectivity index (χ0n) is 12.4. The summed E-state index contributed by atoms with van der Waals surface area (Å²) in [5.41, 5.74) is 5.81. The van der Waals surface area contributed by atoms with Gasteiger partial charge in [-0.25, -0.2) is 0 Å². The summed E-state index contributed by atoms with van der Waals surface area (Å²) in [5.74, 6) is -2.00. The number of para-hydroxylation sites is 1. The number of rotatable bonds is 6. The van der Waals surface area contributed by atoms with Crippen molar-refractivity contribution in [3.8, 4) is 6.07 Å². The molecule has 116 valence electrons. The summed E-state index contributed by atoms with van der Waals surface area (Å²) in [6.07, 6.45) is 0.125. The molecule has 0 radical (unpaired) electrons. The minimum absolute atomic E-state index is 0.125. The predicted octanol–water partition coefficient (Wildman–Crippen LogP) is 0.778. The van der Waals surface area contributed by atoms with Crippen LogP contribution >= 0.6 is 0 Å². The fraction of sp³-hybridized carbons (Fsp3) is 0.333. The quantitative estimate of drug-likeness (QED) is 0.717. The molecule has 0 bridgehead atoms. The largest absolute Gasteiger partial charge is 0.368 e. The Morgan fingerprint density at radius 1 is 1.32 bits per heavy atom. The van der Waals surface area contributed by atoms with Gasteiger partial charge >= 0.3 is 0 Å². The van der Waals surface area contributed by atoms with E-state index >= 15 is 0 Å². The second-order valence-corrected chi connectivity index (χ2v) is 4.92. The van der Waals surface area contributed by atoms with E-state index < -0.39 is 23.8 Å². The van der Waals surface area contributed by atoms with Gasteiger partial charge in [0.1, 0.15) is 6.04 Å². The van der Waals surface area contributed by atoms with Crippen LogP contribution in [0.25, 0.3) is 0 Å². The number of nitrogens with one attached hydrogen (secondary N) is 2. The van der Waals surface area contributed by atoms with Gasteiger partial charge in [0, 0.05) is 12.8 Å². The third-order valence-electron chi connectivity index (χ3n) is 2.94. The summed E-state index contributed by atoms with van der Waals surface area (Å²) in [5, 5.41) is 13.8. The van der Waals surface area contributed by atoms with Crippen molar-refractivity contribution in [1.29, 1.82) is 5.26 Å². The van der Waals surface area contributed by atoms with Crippen LogP contribution in [0.5, 0.6) is 0 Å². The Balaban J connectivity index is 2.93. The second kappa shape index (κ2) is 7.78. The number of nitrogens with two attached hydrogens (primary N) is 1. The minimum Gasteiger partial charge on any atom is -0.368 e. The molecule has 1 aromatic carbocycles. The normalized spacial score (nSPS) is 12.6. The Labute approximate surface area is 128 Å². The number of hydrogen-bond acceptors (Lipinski definition) is 4. The van der Waals surface area contributed by atoms with E-state index in [-0.39, 0.29) is 17.9 Å². The van der Waals surface area contributed by atoms with Crippen LogP contribution in [0.1, 0.15) is 30.6 Å². The van der Waals surface area contributed by atoms with Gasteiger partial charge in [0.05, 0.1) is 17.3 Å². The first-order chi connectivity index (χ1) is 10.3.